The highest BCUT2D eigenvalue weighted by Crippen LogP contribution is 2.32. The molecule has 0 radical (unpaired) electrons. The summed E-state index contributed by atoms with van der Waals surface area (Å²) in [4.78, 5) is 14.1. The molecule has 6 aromatic rings. The highest BCUT2D eigenvalue weighted by atomic mass is 16.5. The smallest absolute Gasteiger partial charge is 0.135 e. The second-order valence-corrected chi connectivity index (χ2v) is 19.5. The van der Waals surface area contributed by atoms with E-state index in [-0.39, 0.29) is 21.7 Å². The van der Waals surface area contributed by atoms with Gasteiger partial charge in [-0.25, -0.2) is 4.98 Å². The molecule has 3 heterocycles. The Morgan fingerprint density at radius 2 is 0.750 bits per heavy atom. The Morgan fingerprint density at radius 3 is 1.10 bits per heavy atom. The monoisotopic (exact) mass is 787 g/mol. The number of benzene rings is 3. The molecule has 4 nitrogen and oxygen atoms in total. The van der Waals surface area contributed by atoms with Crippen molar-refractivity contribution in [3.8, 4) is 64.0 Å². The lowest BCUT2D eigenvalue weighted by atomic mass is 9.79. The maximum atomic E-state index is 6.01. The van der Waals surface area contributed by atoms with Crippen LogP contribution in [0.5, 0.6) is 5.75 Å². The van der Waals surface area contributed by atoms with Gasteiger partial charge < -0.3 is 4.74 Å². The number of nitrogens with zero attached hydrogens (tertiary/aromatic N) is 3. The zero-order valence-corrected chi connectivity index (χ0v) is 37.6. The van der Waals surface area contributed by atoms with E-state index >= 15 is 0 Å². The quantitative estimate of drug-likeness (QED) is 0.168. The van der Waals surface area contributed by atoms with Crippen LogP contribution in [-0.4, -0.2) is 22.1 Å². The third kappa shape index (κ3) is 10.8. The molecule has 0 N–H and O–H groups in total. The number of ether oxygens (including phenoxy) is 1. The largest absolute Gasteiger partial charge is 0.495 e. The lowest BCUT2D eigenvalue weighted by Gasteiger charge is -2.25. The first-order valence-electron chi connectivity index (χ1n) is 20.6. The van der Waals surface area contributed by atoms with Gasteiger partial charge >= 0.3 is 0 Å². The minimum Gasteiger partial charge on any atom is -0.495 e. The van der Waals surface area contributed by atoms with Gasteiger partial charge in [-0.3, -0.25) is 9.97 Å². The van der Waals surface area contributed by atoms with Crippen molar-refractivity contribution in [3.05, 3.63) is 165 Å². The predicted octanol–water partition coefficient (Wildman–Crippen LogP) is 12.6. The van der Waals surface area contributed by atoms with Gasteiger partial charge in [0.25, 0.3) is 0 Å². The van der Waals surface area contributed by atoms with Crippen LogP contribution in [0.25, 0.3) is 22.8 Å². The minimum atomic E-state index is -0.0372. The summed E-state index contributed by atoms with van der Waals surface area (Å²) >= 11 is 0. The standard InChI is InChI=1S/C56H57N3O/c1-53(2,3)44-28-38(29-45(36-44)54(4,5)6)20-23-41-34-43(25-22-40-32-50(48-18-14-16-26-57-48)59-51(33-40)49-19-15-17-27-58-49)52(60-13)35-42(41)24-21-39-30-46(55(7,8)9)37-47(31-39)56(10,11)12/h14-19,26-37H,1-13H3. The topological polar surface area (TPSA) is 47.9 Å². The van der Waals surface area contributed by atoms with Crippen molar-refractivity contribution >= 4 is 0 Å². The van der Waals surface area contributed by atoms with Crippen molar-refractivity contribution < 1.29 is 4.74 Å². The van der Waals surface area contributed by atoms with Crippen LogP contribution in [0, 0.1) is 35.5 Å². The summed E-state index contributed by atoms with van der Waals surface area (Å²) in [5.41, 5.74) is 12.7. The molecule has 0 bridgehead atoms. The summed E-state index contributed by atoms with van der Waals surface area (Å²) < 4.78 is 6.01. The van der Waals surface area contributed by atoms with Gasteiger partial charge in [0.15, 0.2) is 0 Å². The number of pyridine rings is 3. The number of rotatable bonds is 3. The van der Waals surface area contributed by atoms with E-state index in [9.17, 15) is 0 Å². The van der Waals surface area contributed by atoms with Crippen LogP contribution in [-0.2, 0) is 21.7 Å². The second kappa shape index (κ2) is 17.1. The molecular formula is C56H57N3O. The molecule has 0 aliphatic heterocycles. The maximum Gasteiger partial charge on any atom is 0.135 e. The first-order valence-corrected chi connectivity index (χ1v) is 20.6. The molecule has 0 fully saturated rings. The van der Waals surface area contributed by atoms with Gasteiger partial charge in [0.05, 0.1) is 35.4 Å². The zero-order chi connectivity index (χ0) is 43.5. The average Bonchev–Trinajstić information content (AvgIpc) is 3.20. The van der Waals surface area contributed by atoms with Gasteiger partial charge in [0.2, 0.25) is 0 Å². The van der Waals surface area contributed by atoms with Gasteiger partial charge in [-0.05, 0) is 117 Å². The van der Waals surface area contributed by atoms with Crippen molar-refractivity contribution in [2.24, 2.45) is 0 Å². The second-order valence-electron chi connectivity index (χ2n) is 19.5. The van der Waals surface area contributed by atoms with E-state index in [4.69, 9.17) is 9.72 Å². The average molecular weight is 788 g/mol. The van der Waals surface area contributed by atoms with Crippen LogP contribution in [0.15, 0.2) is 109 Å². The Morgan fingerprint density at radius 1 is 0.383 bits per heavy atom. The molecule has 0 saturated heterocycles. The van der Waals surface area contributed by atoms with Crippen molar-refractivity contribution in [2.45, 2.75) is 105 Å². The fourth-order valence-electron chi connectivity index (χ4n) is 6.50. The predicted molar refractivity (Wildman–Crippen MR) is 249 cm³/mol. The Balaban J connectivity index is 1.55. The van der Waals surface area contributed by atoms with Crippen molar-refractivity contribution in [2.75, 3.05) is 7.11 Å². The third-order valence-corrected chi connectivity index (χ3v) is 10.4. The van der Waals surface area contributed by atoms with Crippen molar-refractivity contribution in [1.82, 2.24) is 15.0 Å². The summed E-state index contributed by atoms with van der Waals surface area (Å²) in [7, 11) is 1.67. The van der Waals surface area contributed by atoms with E-state index in [0.29, 0.717) is 22.7 Å². The molecule has 0 saturated carbocycles. The fourth-order valence-corrected chi connectivity index (χ4v) is 6.50. The Labute approximate surface area is 359 Å². The number of aromatic nitrogens is 3. The van der Waals surface area contributed by atoms with Gasteiger partial charge in [-0.2, -0.15) is 0 Å². The van der Waals surface area contributed by atoms with Gasteiger partial charge in [-0.1, -0.05) is 143 Å². The minimum absolute atomic E-state index is 0.0308. The van der Waals surface area contributed by atoms with Crippen LogP contribution < -0.4 is 4.74 Å². The molecule has 0 atom stereocenters. The van der Waals surface area contributed by atoms with Crippen LogP contribution in [0.2, 0.25) is 0 Å². The summed E-state index contributed by atoms with van der Waals surface area (Å²) in [5, 5.41) is 0. The zero-order valence-electron chi connectivity index (χ0n) is 37.6. The van der Waals surface area contributed by atoms with E-state index in [0.717, 1.165) is 39.2 Å². The molecule has 302 valence electrons. The van der Waals surface area contributed by atoms with Gasteiger partial charge in [-0.15, -0.1) is 0 Å². The normalized spacial score (nSPS) is 11.7. The van der Waals surface area contributed by atoms with E-state index < -0.39 is 0 Å². The van der Waals surface area contributed by atoms with Crippen LogP contribution in [0.1, 0.15) is 139 Å². The van der Waals surface area contributed by atoms with E-state index in [1.54, 1.807) is 19.5 Å². The Hall–Kier alpha value is -6.41. The summed E-state index contributed by atoms with van der Waals surface area (Å²) in [6.07, 6.45) is 3.53. The molecule has 3 aromatic heterocycles. The number of methoxy groups -OCH3 is 1. The molecule has 0 spiro atoms. The molecule has 0 amide bonds. The maximum absolute atomic E-state index is 6.01. The SMILES string of the molecule is COc1cc(C#Cc2cc(C(C)(C)C)cc(C(C)(C)C)c2)c(C#Cc2cc(C(C)(C)C)cc(C(C)(C)C)c2)cc1C#Cc1cc(-c2ccccn2)nc(-c2ccccn2)c1. The highest BCUT2D eigenvalue weighted by Gasteiger charge is 2.22. The summed E-state index contributed by atoms with van der Waals surface area (Å²) in [6, 6.07) is 33.0. The fraction of sp³-hybridized carbons (Fsp3) is 0.304. The lowest BCUT2D eigenvalue weighted by molar-refractivity contribution is 0.413. The van der Waals surface area contributed by atoms with Crippen molar-refractivity contribution in [1.29, 1.82) is 0 Å². The summed E-state index contributed by atoms with van der Waals surface area (Å²) in [6.45, 7) is 26.9. The van der Waals surface area contributed by atoms with E-state index in [2.05, 4.69) is 165 Å². The third-order valence-electron chi connectivity index (χ3n) is 10.4. The summed E-state index contributed by atoms with van der Waals surface area (Å²) in [5.74, 6) is 21.6. The van der Waals surface area contributed by atoms with Crippen LogP contribution >= 0.6 is 0 Å². The lowest BCUT2D eigenvalue weighted by Crippen LogP contribution is -2.16. The molecule has 0 aliphatic carbocycles. The molecule has 3 aromatic carbocycles. The Bertz CT molecular complexity index is 2590. The first kappa shape index (κ1) is 43.2. The van der Waals surface area contributed by atoms with Crippen LogP contribution in [0.4, 0.5) is 0 Å². The molecule has 6 rings (SSSR count). The van der Waals surface area contributed by atoms with E-state index in [1.165, 1.54) is 22.3 Å². The molecule has 4 heteroatoms. The number of hydrogen-bond donors (Lipinski definition) is 0. The molecule has 0 aliphatic rings. The first-order chi connectivity index (χ1) is 28.2. The Kier molecular flexibility index (Phi) is 12.3. The van der Waals surface area contributed by atoms with Crippen LogP contribution in [0.3, 0.4) is 0 Å². The molecule has 0 unspecified atom stereocenters. The molecule has 60 heavy (non-hydrogen) atoms. The van der Waals surface area contributed by atoms with Crippen molar-refractivity contribution in [3.63, 3.8) is 0 Å². The highest BCUT2D eigenvalue weighted by molar-refractivity contribution is 5.67. The molecular weight excluding hydrogens is 731 g/mol. The van der Waals surface area contributed by atoms with Gasteiger partial charge in [0.1, 0.15) is 5.75 Å². The number of hydrogen-bond acceptors (Lipinski definition) is 4. The van der Waals surface area contributed by atoms with Gasteiger partial charge in [0, 0.05) is 40.2 Å². The van der Waals surface area contributed by atoms with E-state index in [1.807, 2.05) is 60.7 Å².